The summed E-state index contributed by atoms with van der Waals surface area (Å²) in [6.45, 7) is 0. The van der Waals surface area contributed by atoms with Crippen LogP contribution in [0.25, 0.3) is 0 Å². The number of nitrogens with one attached hydrogen (secondary N) is 1. The quantitative estimate of drug-likeness (QED) is 0.822. The van der Waals surface area contributed by atoms with E-state index in [1.807, 2.05) is 0 Å². The van der Waals surface area contributed by atoms with E-state index < -0.39 is 23.4 Å². The Morgan fingerprint density at radius 2 is 1.80 bits per heavy atom. The summed E-state index contributed by atoms with van der Waals surface area (Å²) in [6, 6.07) is 2.73. The molecule has 0 fully saturated rings. The largest absolute Gasteiger partial charge is 0.383 e. The van der Waals surface area contributed by atoms with Crippen molar-refractivity contribution in [1.82, 2.24) is 4.98 Å². The van der Waals surface area contributed by atoms with E-state index >= 15 is 0 Å². The number of anilines is 2. The molecule has 0 unspecified atom stereocenters. The summed E-state index contributed by atoms with van der Waals surface area (Å²) in [5.74, 6) is -5.18. The van der Waals surface area contributed by atoms with Gasteiger partial charge in [0.25, 0.3) is 5.91 Å². The molecule has 0 aliphatic rings. The number of nitrogens with two attached hydrogens (primary N) is 1. The minimum atomic E-state index is -1.60. The van der Waals surface area contributed by atoms with E-state index in [0.29, 0.717) is 16.6 Å². The lowest BCUT2D eigenvalue weighted by Gasteiger charge is -2.08. The molecule has 1 aromatic heterocycles. The normalized spacial score (nSPS) is 10.4. The molecule has 0 spiro atoms. The molecule has 104 valence electrons. The molecule has 1 amide bonds. The first kappa shape index (κ1) is 14.3. The van der Waals surface area contributed by atoms with Crippen molar-refractivity contribution in [2.45, 2.75) is 0 Å². The van der Waals surface area contributed by atoms with E-state index in [9.17, 15) is 18.0 Å². The number of carbonyl (C=O) groups excluding carboxylic acids is 1. The molecule has 0 atom stereocenters. The monoisotopic (exact) mass is 345 g/mol. The summed E-state index contributed by atoms with van der Waals surface area (Å²) >= 11 is 3.12. The molecule has 1 aromatic carbocycles. The van der Waals surface area contributed by atoms with Gasteiger partial charge in [0.1, 0.15) is 5.82 Å². The average Bonchev–Trinajstić information content (AvgIpc) is 2.38. The van der Waals surface area contributed by atoms with Crippen molar-refractivity contribution in [1.29, 1.82) is 0 Å². The Labute approximate surface area is 119 Å². The van der Waals surface area contributed by atoms with Gasteiger partial charge >= 0.3 is 0 Å². The lowest BCUT2D eigenvalue weighted by Crippen LogP contribution is -2.15. The Bertz CT molecular complexity index is 671. The molecule has 0 bridgehead atoms. The Morgan fingerprint density at radius 3 is 2.40 bits per heavy atom. The van der Waals surface area contributed by atoms with Gasteiger partial charge in [-0.05, 0) is 22.0 Å². The summed E-state index contributed by atoms with van der Waals surface area (Å²) < 4.78 is 39.3. The van der Waals surface area contributed by atoms with Gasteiger partial charge in [0.15, 0.2) is 17.5 Å². The van der Waals surface area contributed by atoms with Gasteiger partial charge < -0.3 is 11.1 Å². The second-order valence-electron chi connectivity index (χ2n) is 3.79. The minimum absolute atomic E-state index is 0.0181. The molecule has 0 aliphatic heterocycles. The van der Waals surface area contributed by atoms with E-state index in [-0.39, 0.29) is 17.1 Å². The lowest BCUT2D eigenvalue weighted by atomic mass is 10.2. The Kier molecular flexibility index (Phi) is 3.93. The van der Waals surface area contributed by atoms with Crippen molar-refractivity contribution < 1.29 is 18.0 Å². The SMILES string of the molecule is Nc1ncc(Br)cc1C(=O)Nc1cc(F)c(F)c(F)c1. The number of halogens is 4. The van der Waals surface area contributed by atoms with Gasteiger partial charge in [-0.2, -0.15) is 0 Å². The van der Waals surface area contributed by atoms with Crippen LogP contribution in [0.1, 0.15) is 10.4 Å². The molecule has 3 N–H and O–H groups in total. The second-order valence-corrected chi connectivity index (χ2v) is 4.71. The summed E-state index contributed by atoms with van der Waals surface area (Å²) in [4.78, 5) is 15.7. The van der Waals surface area contributed by atoms with Crippen molar-refractivity contribution in [2.75, 3.05) is 11.1 Å². The fourth-order valence-electron chi connectivity index (χ4n) is 1.46. The van der Waals surface area contributed by atoms with Gasteiger partial charge in [-0.1, -0.05) is 0 Å². The van der Waals surface area contributed by atoms with E-state index in [4.69, 9.17) is 5.73 Å². The van der Waals surface area contributed by atoms with E-state index in [2.05, 4.69) is 26.2 Å². The molecule has 8 heteroatoms. The van der Waals surface area contributed by atoms with Crippen LogP contribution in [0.5, 0.6) is 0 Å². The summed E-state index contributed by atoms with van der Waals surface area (Å²) in [6.07, 6.45) is 1.39. The maximum Gasteiger partial charge on any atom is 0.259 e. The summed E-state index contributed by atoms with van der Waals surface area (Å²) in [5, 5.41) is 2.21. The highest BCUT2D eigenvalue weighted by Crippen LogP contribution is 2.20. The van der Waals surface area contributed by atoms with Crippen LogP contribution in [0.15, 0.2) is 28.9 Å². The molecule has 20 heavy (non-hydrogen) atoms. The van der Waals surface area contributed by atoms with Crippen LogP contribution in [0.2, 0.25) is 0 Å². The van der Waals surface area contributed by atoms with Crippen LogP contribution < -0.4 is 11.1 Å². The molecular weight excluding hydrogens is 339 g/mol. The van der Waals surface area contributed by atoms with Gasteiger partial charge in [0, 0.05) is 28.5 Å². The average molecular weight is 346 g/mol. The van der Waals surface area contributed by atoms with Crippen LogP contribution in [0.3, 0.4) is 0 Å². The molecule has 1 heterocycles. The number of nitrogen functional groups attached to an aromatic ring is 1. The zero-order valence-electron chi connectivity index (χ0n) is 9.75. The van der Waals surface area contributed by atoms with Crippen molar-refractivity contribution >= 4 is 33.3 Å². The number of hydrogen-bond acceptors (Lipinski definition) is 3. The van der Waals surface area contributed by atoms with Crippen LogP contribution in [-0.2, 0) is 0 Å². The highest BCUT2D eigenvalue weighted by atomic mass is 79.9. The fourth-order valence-corrected chi connectivity index (χ4v) is 1.79. The predicted molar refractivity (Wildman–Crippen MR) is 70.6 cm³/mol. The number of benzene rings is 1. The zero-order chi connectivity index (χ0) is 14.9. The van der Waals surface area contributed by atoms with Crippen molar-refractivity contribution in [3.63, 3.8) is 0 Å². The van der Waals surface area contributed by atoms with Crippen LogP contribution in [0, 0.1) is 17.5 Å². The van der Waals surface area contributed by atoms with Gasteiger partial charge in [-0.25, -0.2) is 18.2 Å². The molecule has 0 radical (unpaired) electrons. The third-order valence-electron chi connectivity index (χ3n) is 2.37. The molecule has 2 aromatic rings. The first-order chi connectivity index (χ1) is 9.38. The maximum absolute atomic E-state index is 13.0. The first-order valence-corrected chi connectivity index (χ1v) is 6.04. The maximum atomic E-state index is 13.0. The van der Waals surface area contributed by atoms with Crippen molar-refractivity contribution in [3.8, 4) is 0 Å². The number of amides is 1. The Morgan fingerprint density at radius 1 is 1.20 bits per heavy atom. The van der Waals surface area contributed by atoms with E-state index in [1.165, 1.54) is 12.3 Å². The third-order valence-corrected chi connectivity index (χ3v) is 2.81. The molecule has 4 nitrogen and oxygen atoms in total. The summed E-state index contributed by atoms with van der Waals surface area (Å²) in [5.41, 5.74) is 5.31. The standard InChI is InChI=1S/C12H7BrF3N3O/c13-5-1-7(11(17)18-4-5)12(20)19-6-2-8(14)10(16)9(15)3-6/h1-4H,(H2,17,18)(H,19,20). The zero-order valence-corrected chi connectivity index (χ0v) is 11.3. The molecule has 0 saturated carbocycles. The number of pyridine rings is 1. The number of hydrogen-bond donors (Lipinski definition) is 2. The van der Waals surface area contributed by atoms with Gasteiger partial charge in [-0.3, -0.25) is 4.79 Å². The lowest BCUT2D eigenvalue weighted by molar-refractivity contribution is 0.102. The molecule has 0 aliphatic carbocycles. The minimum Gasteiger partial charge on any atom is -0.383 e. The number of rotatable bonds is 2. The predicted octanol–water partition coefficient (Wildman–Crippen LogP) is 3.10. The first-order valence-electron chi connectivity index (χ1n) is 5.25. The van der Waals surface area contributed by atoms with Crippen molar-refractivity contribution in [2.24, 2.45) is 0 Å². The van der Waals surface area contributed by atoms with Crippen LogP contribution in [-0.4, -0.2) is 10.9 Å². The fraction of sp³-hybridized carbons (Fsp3) is 0. The second kappa shape index (κ2) is 5.49. The summed E-state index contributed by atoms with van der Waals surface area (Å²) in [7, 11) is 0. The smallest absolute Gasteiger partial charge is 0.259 e. The highest BCUT2D eigenvalue weighted by Gasteiger charge is 2.15. The number of carbonyl (C=O) groups is 1. The molecule has 0 saturated heterocycles. The van der Waals surface area contributed by atoms with Crippen molar-refractivity contribution in [3.05, 3.63) is 51.9 Å². The molecule has 2 rings (SSSR count). The number of nitrogens with zero attached hydrogens (tertiary/aromatic N) is 1. The Balaban J connectivity index is 2.30. The van der Waals surface area contributed by atoms with Gasteiger partial charge in [0.05, 0.1) is 5.56 Å². The Hall–Kier alpha value is -2.09. The van der Waals surface area contributed by atoms with Crippen LogP contribution in [0.4, 0.5) is 24.7 Å². The highest BCUT2D eigenvalue weighted by molar-refractivity contribution is 9.10. The van der Waals surface area contributed by atoms with E-state index in [1.54, 1.807) is 0 Å². The topological polar surface area (TPSA) is 68.0 Å². The molecular formula is C12H7BrF3N3O. The van der Waals surface area contributed by atoms with Gasteiger partial charge in [0.2, 0.25) is 0 Å². The third kappa shape index (κ3) is 2.90. The number of aromatic nitrogens is 1. The van der Waals surface area contributed by atoms with Crippen LogP contribution >= 0.6 is 15.9 Å². The van der Waals surface area contributed by atoms with E-state index in [0.717, 1.165) is 0 Å². The van der Waals surface area contributed by atoms with Gasteiger partial charge in [-0.15, -0.1) is 0 Å².